The first-order valence-electron chi connectivity index (χ1n) is 7.11. The minimum atomic E-state index is 0. The first-order valence-corrected chi connectivity index (χ1v) is 7.11. The zero-order valence-corrected chi connectivity index (χ0v) is 14.7. The van der Waals surface area contributed by atoms with Crippen LogP contribution in [0.4, 0.5) is 0 Å². The molecule has 0 unspecified atom stereocenters. The molecule has 4 N–H and O–H groups in total. The van der Waals surface area contributed by atoms with Gasteiger partial charge in [0.05, 0.1) is 5.84 Å². The minimum absolute atomic E-state index is 0. The van der Waals surface area contributed by atoms with Gasteiger partial charge < -0.3 is 16.4 Å². The number of hydrogen-bond donors (Lipinski definition) is 3. The van der Waals surface area contributed by atoms with Crippen LogP contribution in [0.1, 0.15) is 44.9 Å². The van der Waals surface area contributed by atoms with Crippen LogP contribution >= 0.6 is 37.2 Å². The highest BCUT2D eigenvalue weighted by molar-refractivity contribution is 5.86. The van der Waals surface area contributed by atoms with E-state index in [-0.39, 0.29) is 37.2 Å². The van der Waals surface area contributed by atoms with Gasteiger partial charge in [-0.3, -0.25) is 4.99 Å². The van der Waals surface area contributed by atoms with E-state index in [4.69, 9.17) is 5.73 Å². The normalized spacial score (nSPS) is 13.9. The molecule has 0 aromatic heterocycles. The fourth-order valence-corrected chi connectivity index (χ4v) is 1.98. The summed E-state index contributed by atoms with van der Waals surface area (Å²) in [6, 6.07) is 0. The summed E-state index contributed by atoms with van der Waals surface area (Å²) >= 11 is 0. The molecule has 0 atom stereocenters. The van der Waals surface area contributed by atoms with E-state index in [9.17, 15) is 0 Å². The average molecular weight is 350 g/mol. The smallest absolute Gasteiger partial charge is 0.0963 e. The number of nitrogens with one attached hydrogen (secondary N) is 2. The maximum atomic E-state index is 5.42. The molecule has 20 heavy (non-hydrogen) atoms. The molecule has 0 fully saturated rings. The Kier molecular flexibility index (Phi) is 24.3. The lowest BCUT2D eigenvalue weighted by molar-refractivity contribution is 0.601. The van der Waals surface area contributed by atoms with Gasteiger partial charge in [-0.05, 0) is 51.7 Å². The van der Waals surface area contributed by atoms with Crippen LogP contribution in [-0.2, 0) is 0 Å². The Bertz CT molecular complexity index is 216. The molecule has 1 rings (SSSR count). The van der Waals surface area contributed by atoms with E-state index in [0.29, 0.717) is 0 Å². The molecule has 0 bridgehead atoms. The van der Waals surface area contributed by atoms with Gasteiger partial charge in [0.15, 0.2) is 0 Å². The second kappa shape index (κ2) is 19.3. The molecular formula is C13H31Cl3N4. The Morgan fingerprint density at radius 3 is 2.35 bits per heavy atom. The lowest BCUT2D eigenvalue weighted by Crippen LogP contribution is -2.25. The van der Waals surface area contributed by atoms with Gasteiger partial charge >= 0.3 is 0 Å². The van der Waals surface area contributed by atoms with E-state index >= 15 is 0 Å². The number of hydrogen-bond acceptors (Lipinski definition) is 4. The van der Waals surface area contributed by atoms with Crippen molar-refractivity contribution in [3.8, 4) is 0 Å². The summed E-state index contributed by atoms with van der Waals surface area (Å²) in [6.45, 7) is 5.03. The third-order valence-electron chi connectivity index (χ3n) is 3.04. The zero-order valence-electron chi connectivity index (χ0n) is 12.2. The van der Waals surface area contributed by atoms with Crippen molar-refractivity contribution in [1.29, 1.82) is 0 Å². The predicted molar refractivity (Wildman–Crippen MR) is 96.3 cm³/mol. The number of amidine groups is 1. The van der Waals surface area contributed by atoms with Crippen LogP contribution in [0.15, 0.2) is 4.99 Å². The van der Waals surface area contributed by atoms with E-state index in [0.717, 1.165) is 45.6 Å². The van der Waals surface area contributed by atoms with Crippen LogP contribution < -0.4 is 16.4 Å². The predicted octanol–water partition coefficient (Wildman–Crippen LogP) is 2.53. The molecule has 124 valence electrons. The largest absolute Gasteiger partial charge is 0.374 e. The highest BCUT2D eigenvalue weighted by Gasteiger charge is 2.02. The summed E-state index contributed by atoms with van der Waals surface area (Å²) in [5, 5.41) is 6.86. The quantitative estimate of drug-likeness (QED) is 0.590. The highest BCUT2D eigenvalue weighted by Crippen LogP contribution is 2.05. The van der Waals surface area contributed by atoms with Crippen molar-refractivity contribution in [2.75, 3.05) is 32.7 Å². The van der Waals surface area contributed by atoms with Gasteiger partial charge in [-0.1, -0.05) is 6.42 Å². The third-order valence-corrected chi connectivity index (χ3v) is 3.04. The summed E-state index contributed by atoms with van der Waals surface area (Å²) in [7, 11) is 0. The van der Waals surface area contributed by atoms with Gasteiger partial charge in [0.1, 0.15) is 0 Å². The fourth-order valence-electron chi connectivity index (χ4n) is 1.98. The van der Waals surface area contributed by atoms with Gasteiger partial charge in [0.25, 0.3) is 0 Å². The number of rotatable bonds is 8. The SMILES string of the molecule is Cl.Cl.Cl.NCCCNCCCCNC1=NCCCCC1. The fraction of sp³-hybridized carbons (Fsp3) is 0.923. The summed E-state index contributed by atoms with van der Waals surface area (Å²) < 4.78 is 0. The van der Waals surface area contributed by atoms with Gasteiger partial charge in [0, 0.05) is 19.5 Å². The van der Waals surface area contributed by atoms with Crippen molar-refractivity contribution in [2.24, 2.45) is 10.7 Å². The Morgan fingerprint density at radius 1 is 0.900 bits per heavy atom. The first-order chi connectivity index (χ1) is 8.43. The van der Waals surface area contributed by atoms with Crippen LogP contribution in [0, 0.1) is 0 Å². The molecule has 0 saturated carbocycles. The standard InChI is InChI=1S/C13H28N4.3ClH/c14-8-6-10-15-9-4-5-12-17-13-7-2-1-3-11-16-13;;;/h15H,1-12,14H2,(H,16,17);3*1H. The first kappa shape index (κ1) is 25.2. The summed E-state index contributed by atoms with van der Waals surface area (Å²) in [4.78, 5) is 4.56. The Balaban J connectivity index is -0.000000963. The molecule has 0 saturated heterocycles. The molecular weight excluding hydrogens is 319 g/mol. The number of halogens is 3. The van der Waals surface area contributed by atoms with Crippen LogP contribution in [0.3, 0.4) is 0 Å². The number of nitrogens with zero attached hydrogens (tertiary/aromatic N) is 1. The van der Waals surface area contributed by atoms with Gasteiger partial charge in [-0.15, -0.1) is 37.2 Å². The van der Waals surface area contributed by atoms with Crippen LogP contribution in [0.5, 0.6) is 0 Å². The lowest BCUT2D eigenvalue weighted by atomic mass is 10.2. The number of unbranched alkanes of at least 4 members (excludes halogenated alkanes) is 1. The Morgan fingerprint density at radius 2 is 1.60 bits per heavy atom. The van der Waals surface area contributed by atoms with Crippen molar-refractivity contribution in [1.82, 2.24) is 10.6 Å². The van der Waals surface area contributed by atoms with Gasteiger partial charge in [0.2, 0.25) is 0 Å². The average Bonchev–Trinajstić information content (AvgIpc) is 2.61. The van der Waals surface area contributed by atoms with E-state index in [1.165, 1.54) is 37.9 Å². The van der Waals surface area contributed by atoms with E-state index in [2.05, 4.69) is 15.6 Å². The molecule has 0 aromatic carbocycles. The van der Waals surface area contributed by atoms with E-state index in [1.54, 1.807) is 0 Å². The van der Waals surface area contributed by atoms with Crippen molar-refractivity contribution in [2.45, 2.75) is 44.9 Å². The van der Waals surface area contributed by atoms with Gasteiger partial charge in [-0.25, -0.2) is 0 Å². The minimum Gasteiger partial charge on any atom is -0.374 e. The van der Waals surface area contributed by atoms with Crippen molar-refractivity contribution >= 4 is 43.1 Å². The maximum Gasteiger partial charge on any atom is 0.0963 e. The van der Waals surface area contributed by atoms with Crippen molar-refractivity contribution in [3.05, 3.63) is 0 Å². The maximum absolute atomic E-state index is 5.42. The highest BCUT2D eigenvalue weighted by atomic mass is 35.5. The van der Waals surface area contributed by atoms with E-state index in [1.807, 2.05) is 0 Å². The van der Waals surface area contributed by atoms with Crippen LogP contribution in [-0.4, -0.2) is 38.6 Å². The van der Waals surface area contributed by atoms with Gasteiger partial charge in [-0.2, -0.15) is 0 Å². The molecule has 4 nitrogen and oxygen atoms in total. The summed E-state index contributed by atoms with van der Waals surface area (Å²) in [5.74, 6) is 1.23. The second-order valence-electron chi connectivity index (χ2n) is 4.67. The number of aliphatic imine (C=N–C) groups is 1. The zero-order chi connectivity index (χ0) is 12.2. The molecule has 0 radical (unpaired) electrons. The second-order valence-corrected chi connectivity index (χ2v) is 4.67. The lowest BCUT2D eigenvalue weighted by Gasteiger charge is -2.08. The van der Waals surface area contributed by atoms with E-state index < -0.39 is 0 Å². The van der Waals surface area contributed by atoms with Crippen LogP contribution in [0.25, 0.3) is 0 Å². The molecule has 1 aliphatic heterocycles. The molecule has 7 heteroatoms. The molecule has 1 aliphatic rings. The Labute approximate surface area is 142 Å². The molecule has 0 aliphatic carbocycles. The monoisotopic (exact) mass is 348 g/mol. The summed E-state index contributed by atoms with van der Waals surface area (Å²) in [5.41, 5.74) is 5.42. The number of nitrogens with two attached hydrogens (primary N) is 1. The topological polar surface area (TPSA) is 62.4 Å². The van der Waals surface area contributed by atoms with Crippen molar-refractivity contribution < 1.29 is 0 Å². The molecule has 0 aromatic rings. The molecule has 0 amide bonds. The molecule has 1 heterocycles. The molecule has 0 spiro atoms. The third kappa shape index (κ3) is 14.7. The summed E-state index contributed by atoms with van der Waals surface area (Å²) in [6.07, 6.45) is 8.56. The Hall–Kier alpha value is 0.260. The van der Waals surface area contributed by atoms with Crippen LogP contribution in [0.2, 0.25) is 0 Å². The van der Waals surface area contributed by atoms with Crippen molar-refractivity contribution in [3.63, 3.8) is 0 Å².